The average molecular weight is 389 g/mol. The molecule has 152 valence electrons. The number of hydrogen-bond donors (Lipinski definition) is 2. The summed E-state index contributed by atoms with van der Waals surface area (Å²) in [5.41, 5.74) is 0.813. The third-order valence-corrected chi connectivity index (χ3v) is 4.45. The number of anilines is 1. The van der Waals surface area contributed by atoms with Crippen molar-refractivity contribution in [3.8, 4) is 0 Å². The van der Waals surface area contributed by atoms with Crippen LogP contribution < -0.4 is 15.5 Å². The first-order valence-electron chi connectivity index (χ1n) is 9.00. The maximum absolute atomic E-state index is 13.3. The van der Waals surface area contributed by atoms with E-state index in [0.717, 1.165) is 18.7 Å². The minimum Gasteiger partial charge on any atom is -0.374 e. The van der Waals surface area contributed by atoms with Gasteiger partial charge in [0.1, 0.15) is 5.82 Å². The molecular formula is C18H27F4N5. The van der Waals surface area contributed by atoms with Gasteiger partial charge in [0.15, 0.2) is 5.96 Å². The van der Waals surface area contributed by atoms with Crippen LogP contribution in [0.4, 0.5) is 23.2 Å². The van der Waals surface area contributed by atoms with E-state index in [4.69, 9.17) is 0 Å². The van der Waals surface area contributed by atoms with Crippen molar-refractivity contribution in [2.45, 2.75) is 25.1 Å². The Labute approximate surface area is 157 Å². The van der Waals surface area contributed by atoms with Crippen molar-refractivity contribution < 1.29 is 17.6 Å². The number of nitrogens with zero attached hydrogens (tertiary/aromatic N) is 3. The molecule has 0 spiro atoms. The number of alkyl halides is 3. The molecule has 27 heavy (non-hydrogen) atoms. The van der Waals surface area contributed by atoms with Gasteiger partial charge in [0.05, 0.1) is 6.54 Å². The molecule has 0 aliphatic carbocycles. The van der Waals surface area contributed by atoms with Gasteiger partial charge in [0.25, 0.3) is 0 Å². The predicted molar refractivity (Wildman–Crippen MR) is 99.7 cm³/mol. The normalized spacial score (nSPS) is 18.6. The number of rotatable bonds is 7. The molecule has 0 radical (unpaired) electrons. The highest BCUT2D eigenvalue weighted by molar-refractivity contribution is 5.80. The number of likely N-dealkylation sites (tertiary alicyclic amines) is 1. The summed E-state index contributed by atoms with van der Waals surface area (Å²) in [6, 6.07) is 6.38. The van der Waals surface area contributed by atoms with Gasteiger partial charge in [-0.2, -0.15) is 13.2 Å². The smallest absolute Gasteiger partial charge is 0.374 e. The molecule has 1 fully saturated rings. The molecule has 1 aromatic rings. The van der Waals surface area contributed by atoms with Gasteiger partial charge >= 0.3 is 6.18 Å². The number of halogens is 4. The van der Waals surface area contributed by atoms with Crippen molar-refractivity contribution in [3.05, 3.63) is 30.1 Å². The summed E-state index contributed by atoms with van der Waals surface area (Å²) in [4.78, 5) is 7.49. The Bertz CT molecular complexity index is 620. The lowest BCUT2D eigenvalue weighted by atomic mass is 10.2. The molecule has 9 heteroatoms. The molecule has 0 amide bonds. The van der Waals surface area contributed by atoms with E-state index in [9.17, 15) is 17.6 Å². The molecular weight excluding hydrogens is 362 g/mol. The van der Waals surface area contributed by atoms with E-state index in [-0.39, 0.29) is 11.9 Å². The van der Waals surface area contributed by atoms with E-state index in [1.54, 1.807) is 13.1 Å². The molecule has 1 heterocycles. The number of aliphatic imine (C=N–C) groups is 1. The van der Waals surface area contributed by atoms with Gasteiger partial charge < -0.3 is 15.5 Å². The zero-order valence-corrected chi connectivity index (χ0v) is 15.7. The highest BCUT2D eigenvalue weighted by Gasteiger charge is 2.34. The third-order valence-electron chi connectivity index (χ3n) is 4.45. The van der Waals surface area contributed by atoms with E-state index in [2.05, 4.69) is 15.6 Å². The van der Waals surface area contributed by atoms with Crippen LogP contribution in [-0.4, -0.2) is 69.9 Å². The lowest BCUT2D eigenvalue weighted by molar-refractivity contribution is -0.143. The first kappa shape index (κ1) is 21.3. The summed E-state index contributed by atoms with van der Waals surface area (Å²) in [6.45, 7) is 1.29. The fraction of sp³-hybridized carbons (Fsp3) is 0.611. The molecule has 1 aromatic carbocycles. The van der Waals surface area contributed by atoms with Crippen molar-refractivity contribution in [1.82, 2.24) is 15.5 Å². The third kappa shape index (κ3) is 7.62. The van der Waals surface area contributed by atoms with E-state index in [1.807, 2.05) is 18.0 Å². The van der Waals surface area contributed by atoms with Crippen molar-refractivity contribution in [3.63, 3.8) is 0 Å². The fourth-order valence-corrected chi connectivity index (χ4v) is 3.10. The SMILES string of the molecule is CN=C(NCCCN(C)c1cccc(F)c1)NC1CCN(CC(F)(F)F)C1. The van der Waals surface area contributed by atoms with Crippen LogP contribution in [0.1, 0.15) is 12.8 Å². The number of hydrogen-bond acceptors (Lipinski definition) is 3. The summed E-state index contributed by atoms with van der Waals surface area (Å²) in [5, 5.41) is 6.35. The van der Waals surface area contributed by atoms with Crippen LogP contribution in [-0.2, 0) is 0 Å². The molecule has 1 unspecified atom stereocenters. The Morgan fingerprint density at radius 1 is 1.37 bits per heavy atom. The largest absolute Gasteiger partial charge is 0.401 e. The molecule has 1 saturated heterocycles. The predicted octanol–water partition coefficient (Wildman–Crippen LogP) is 2.45. The second-order valence-electron chi connectivity index (χ2n) is 6.73. The Hall–Kier alpha value is -2.03. The number of benzene rings is 1. The van der Waals surface area contributed by atoms with Crippen LogP contribution in [0.25, 0.3) is 0 Å². The van der Waals surface area contributed by atoms with Gasteiger partial charge in [0.2, 0.25) is 0 Å². The topological polar surface area (TPSA) is 42.9 Å². The standard InChI is InChI=1S/C18H27F4N5/c1-23-17(25-15-7-10-27(12-15)13-18(20,21)22)24-8-4-9-26(2)16-6-3-5-14(19)11-16/h3,5-6,11,15H,4,7-10,12-13H2,1-2H3,(H2,23,24,25). The lowest BCUT2D eigenvalue weighted by Gasteiger charge is -2.21. The van der Waals surface area contributed by atoms with E-state index in [1.165, 1.54) is 17.0 Å². The molecule has 2 N–H and O–H groups in total. The molecule has 0 bridgehead atoms. The lowest BCUT2D eigenvalue weighted by Crippen LogP contribution is -2.45. The first-order chi connectivity index (χ1) is 12.8. The van der Waals surface area contributed by atoms with Crippen molar-refractivity contribution in [2.24, 2.45) is 4.99 Å². The average Bonchev–Trinajstić information content (AvgIpc) is 3.02. The van der Waals surface area contributed by atoms with E-state index >= 15 is 0 Å². The summed E-state index contributed by atoms with van der Waals surface area (Å²) < 4.78 is 50.6. The van der Waals surface area contributed by atoms with Gasteiger partial charge in [-0.05, 0) is 31.0 Å². The van der Waals surface area contributed by atoms with Gasteiger partial charge in [-0.1, -0.05) is 6.07 Å². The second-order valence-corrected chi connectivity index (χ2v) is 6.73. The first-order valence-corrected chi connectivity index (χ1v) is 9.00. The maximum Gasteiger partial charge on any atom is 0.401 e. The molecule has 1 aliphatic heterocycles. The van der Waals surface area contributed by atoms with E-state index in [0.29, 0.717) is 32.0 Å². The van der Waals surface area contributed by atoms with Crippen LogP contribution >= 0.6 is 0 Å². The zero-order chi connectivity index (χ0) is 19.9. The maximum atomic E-state index is 13.3. The quantitative estimate of drug-likeness (QED) is 0.325. The highest BCUT2D eigenvalue weighted by Crippen LogP contribution is 2.20. The molecule has 1 atom stereocenters. The summed E-state index contributed by atoms with van der Waals surface area (Å²) in [7, 11) is 3.53. The molecule has 0 aromatic heterocycles. The Kier molecular flexibility index (Phi) is 7.70. The van der Waals surface area contributed by atoms with Gasteiger partial charge in [-0.3, -0.25) is 9.89 Å². The summed E-state index contributed by atoms with van der Waals surface area (Å²) >= 11 is 0. The molecule has 1 aliphatic rings. The Balaban J connectivity index is 1.67. The van der Waals surface area contributed by atoms with Gasteiger partial charge in [-0.25, -0.2) is 4.39 Å². The molecule has 5 nitrogen and oxygen atoms in total. The van der Waals surface area contributed by atoms with E-state index < -0.39 is 12.7 Å². The van der Waals surface area contributed by atoms with Crippen molar-refractivity contribution >= 4 is 11.6 Å². The van der Waals surface area contributed by atoms with Crippen LogP contribution in [0.2, 0.25) is 0 Å². The Morgan fingerprint density at radius 2 is 2.15 bits per heavy atom. The summed E-state index contributed by atoms with van der Waals surface area (Å²) in [5.74, 6) is 0.320. The van der Waals surface area contributed by atoms with Crippen LogP contribution in [0.5, 0.6) is 0 Å². The number of guanidine groups is 1. The van der Waals surface area contributed by atoms with Crippen LogP contribution in [0, 0.1) is 5.82 Å². The highest BCUT2D eigenvalue weighted by atomic mass is 19.4. The number of nitrogens with one attached hydrogen (secondary N) is 2. The minimum absolute atomic E-state index is 0.0477. The van der Waals surface area contributed by atoms with Crippen LogP contribution in [0.15, 0.2) is 29.3 Å². The fourth-order valence-electron chi connectivity index (χ4n) is 3.10. The monoisotopic (exact) mass is 389 g/mol. The van der Waals surface area contributed by atoms with Crippen molar-refractivity contribution in [1.29, 1.82) is 0 Å². The minimum atomic E-state index is -4.16. The Morgan fingerprint density at radius 3 is 2.81 bits per heavy atom. The second kappa shape index (κ2) is 9.77. The summed E-state index contributed by atoms with van der Waals surface area (Å²) in [6.07, 6.45) is -2.71. The van der Waals surface area contributed by atoms with Crippen LogP contribution in [0.3, 0.4) is 0 Å². The molecule has 2 rings (SSSR count). The van der Waals surface area contributed by atoms with Gasteiger partial charge in [0, 0.05) is 52.0 Å². The van der Waals surface area contributed by atoms with Crippen molar-refractivity contribution in [2.75, 3.05) is 51.7 Å². The van der Waals surface area contributed by atoms with Gasteiger partial charge in [-0.15, -0.1) is 0 Å². The zero-order valence-electron chi connectivity index (χ0n) is 15.7. The molecule has 0 saturated carbocycles.